The molecule has 1 aliphatic rings. The lowest BCUT2D eigenvalue weighted by molar-refractivity contribution is 0.0171. The zero-order chi connectivity index (χ0) is 21.7. The summed E-state index contributed by atoms with van der Waals surface area (Å²) in [5.74, 6) is -0.906. The van der Waals surface area contributed by atoms with Crippen LogP contribution in [-0.2, 0) is 19.5 Å². The lowest BCUT2D eigenvalue weighted by atomic mass is 10.0. The molecular weight excluding hydrogens is 411 g/mol. The number of ether oxygens (including phenoxy) is 2. The smallest absolute Gasteiger partial charge is 0.337 e. The van der Waals surface area contributed by atoms with Crippen LogP contribution in [-0.4, -0.2) is 59.2 Å². The highest BCUT2D eigenvalue weighted by atomic mass is 32.2. The van der Waals surface area contributed by atoms with Crippen LogP contribution < -0.4 is 4.72 Å². The number of hydrogen-bond donors (Lipinski definition) is 1. The molecule has 0 aromatic heterocycles. The number of halogens is 1. The van der Waals surface area contributed by atoms with Gasteiger partial charge in [0.15, 0.2) is 0 Å². The van der Waals surface area contributed by atoms with Gasteiger partial charge < -0.3 is 9.47 Å². The number of aryl methyl sites for hydroxylation is 1. The molecule has 1 unspecified atom stereocenters. The topological polar surface area (TPSA) is 84.9 Å². The first-order valence-corrected chi connectivity index (χ1v) is 11.1. The van der Waals surface area contributed by atoms with Gasteiger partial charge in [-0.3, -0.25) is 4.90 Å². The van der Waals surface area contributed by atoms with Crippen molar-refractivity contribution < 1.29 is 27.1 Å². The third kappa shape index (κ3) is 5.23. The SMILES string of the molecule is COC(=O)c1ccc(S(=O)(=O)NCC(c2cccc(F)c2)N2CCOCC2)c(C)c1. The van der Waals surface area contributed by atoms with Crippen LogP contribution in [0.15, 0.2) is 47.4 Å². The van der Waals surface area contributed by atoms with E-state index in [4.69, 9.17) is 4.74 Å². The Morgan fingerprint density at radius 2 is 1.97 bits per heavy atom. The predicted octanol–water partition coefficient (Wildman–Crippen LogP) is 2.27. The van der Waals surface area contributed by atoms with E-state index in [2.05, 4.69) is 14.4 Å². The second-order valence-electron chi connectivity index (χ2n) is 7.04. The normalized spacial score (nSPS) is 16.2. The van der Waals surface area contributed by atoms with E-state index in [1.807, 2.05) is 0 Å². The van der Waals surface area contributed by atoms with E-state index in [-0.39, 0.29) is 28.9 Å². The van der Waals surface area contributed by atoms with Crippen molar-refractivity contribution in [2.75, 3.05) is 40.0 Å². The van der Waals surface area contributed by atoms with Gasteiger partial charge in [0, 0.05) is 25.7 Å². The molecule has 1 aliphatic heterocycles. The van der Waals surface area contributed by atoms with Gasteiger partial charge in [-0.05, 0) is 48.4 Å². The molecule has 9 heteroatoms. The molecule has 2 aromatic rings. The highest BCUT2D eigenvalue weighted by Crippen LogP contribution is 2.24. The third-order valence-electron chi connectivity index (χ3n) is 5.07. The van der Waals surface area contributed by atoms with Crippen LogP contribution in [0.1, 0.15) is 27.5 Å². The summed E-state index contributed by atoms with van der Waals surface area (Å²) < 4.78 is 52.4. The minimum absolute atomic E-state index is 0.0734. The van der Waals surface area contributed by atoms with Gasteiger partial charge in [-0.25, -0.2) is 22.3 Å². The Morgan fingerprint density at radius 1 is 1.23 bits per heavy atom. The molecule has 7 nitrogen and oxygen atoms in total. The number of sulfonamides is 1. The van der Waals surface area contributed by atoms with Crippen molar-refractivity contribution >= 4 is 16.0 Å². The Bertz CT molecular complexity index is 1010. The molecule has 0 spiro atoms. The van der Waals surface area contributed by atoms with Crippen LogP contribution in [0.5, 0.6) is 0 Å². The van der Waals surface area contributed by atoms with Crippen LogP contribution in [0.2, 0.25) is 0 Å². The molecule has 1 N–H and O–H groups in total. The van der Waals surface area contributed by atoms with Gasteiger partial charge >= 0.3 is 5.97 Å². The van der Waals surface area contributed by atoms with E-state index in [0.29, 0.717) is 37.4 Å². The minimum Gasteiger partial charge on any atom is -0.465 e. The van der Waals surface area contributed by atoms with Gasteiger partial charge in [0.2, 0.25) is 10.0 Å². The quantitative estimate of drug-likeness (QED) is 0.671. The molecule has 1 fully saturated rings. The van der Waals surface area contributed by atoms with Gasteiger partial charge in [0.25, 0.3) is 0 Å². The van der Waals surface area contributed by atoms with Crippen LogP contribution in [0.25, 0.3) is 0 Å². The summed E-state index contributed by atoms with van der Waals surface area (Å²) in [5, 5.41) is 0. The second kappa shape index (κ2) is 9.65. The van der Waals surface area contributed by atoms with Crippen LogP contribution >= 0.6 is 0 Å². The van der Waals surface area contributed by atoms with Crippen molar-refractivity contribution in [2.24, 2.45) is 0 Å². The Balaban J connectivity index is 1.82. The predicted molar refractivity (Wildman–Crippen MR) is 109 cm³/mol. The molecule has 1 heterocycles. The van der Waals surface area contributed by atoms with Gasteiger partial charge in [-0.1, -0.05) is 12.1 Å². The molecule has 1 atom stereocenters. The van der Waals surface area contributed by atoms with E-state index in [1.165, 1.54) is 37.4 Å². The maximum Gasteiger partial charge on any atom is 0.337 e. The number of nitrogens with one attached hydrogen (secondary N) is 1. The molecule has 0 aliphatic carbocycles. The molecule has 162 valence electrons. The molecule has 0 bridgehead atoms. The van der Waals surface area contributed by atoms with Gasteiger partial charge in [0.05, 0.1) is 30.8 Å². The van der Waals surface area contributed by atoms with Gasteiger partial charge in [-0.2, -0.15) is 0 Å². The zero-order valence-electron chi connectivity index (χ0n) is 16.9. The average Bonchev–Trinajstić information content (AvgIpc) is 2.74. The fourth-order valence-electron chi connectivity index (χ4n) is 3.52. The van der Waals surface area contributed by atoms with Crippen molar-refractivity contribution in [3.63, 3.8) is 0 Å². The van der Waals surface area contributed by atoms with Crippen molar-refractivity contribution in [2.45, 2.75) is 17.9 Å². The molecule has 0 saturated carbocycles. The number of esters is 1. The molecule has 3 rings (SSSR count). The monoisotopic (exact) mass is 436 g/mol. The number of carbonyl (C=O) groups excluding carboxylic acids is 1. The maximum atomic E-state index is 13.8. The summed E-state index contributed by atoms with van der Waals surface area (Å²) in [6.07, 6.45) is 0. The van der Waals surface area contributed by atoms with Gasteiger partial charge in [-0.15, -0.1) is 0 Å². The molecular formula is C21H25FN2O5S. The van der Waals surface area contributed by atoms with E-state index in [1.54, 1.807) is 19.1 Å². The summed E-state index contributed by atoms with van der Waals surface area (Å²) in [6.45, 7) is 4.00. The number of hydrogen-bond acceptors (Lipinski definition) is 6. The summed E-state index contributed by atoms with van der Waals surface area (Å²) in [4.78, 5) is 13.8. The minimum atomic E-state index is -3.85. The molecule has 30 heavy (non-hydrogen) atoms. The maximum absolute atomic E-state index is 13.8. The molecule has 1 saturated heterocycles. The van der Waals surface area contributed by atoms with E-state index < -0.39 is 16.0 Å². The summed E-state index contributed by atoms with van der Waals surface area (Å²) in [6, 6.07) is 10.1. The van der Waals surface area contributed by atoms with Crippen molar-refractivity contribution in [1.82, 2.24) is 9.62 Å². The van der Waals surface area contributed by atoms with Crippen molar-refractivity contribution in [3.8, 4) is 0 Å². The second-order valence-corrected chi connectivity index (χ2v) is 8.78. The number of benzene rings is 2. The molecule has 2 aromatic carbocycles. The fourth-order valence-corrected chi connectivity index (χ4v) is 4.79. The fraction of sp³-hybridized carbons (Fsp3) is 0.381. The summed E-state index contributed by atoms with van der Waals surface area (Å²) >= 11 is 0. The third-order valence-corrected chi connectivity index (χ3v) is 6.66. The summed E-state index contributed by atoms with van der Waals surface area (Å²) in [5.41, 5.74) is 1.40. The van der Waals surface area contributed by atoms with E-state index in [9.17, 15) is 17.6 Å². The van der Waals surface area contributed by atoms with Crippen LogP contribution in [0.4, 0.5) is 4.39 Å². The first-order valence-electron chi connectivity index (χ1n) is 9.57. The Hall–Kier alpha value is -2.33. The molecule has 0 radical (unpaired) electrons. The van der Waals surface area contributed by atoms with Gasteiger partial charge in [0.1, 0.15) is 5.82 Å². The lowest BCUT2D eigenvalue weighted by Gasteiger charge is -2.35. The highest BCUT2D eigenvalue weighted by molar-refractivity contribution is 7.89. The highest BCUT2D eigenvalue weighted by Gasteiger charge is 2.26. The van der Waals surface area contributed by atoms with E-state index >= 15 is 0 Å². The number of nitrogens with zero attached hydrogens (tertiary/aromatic N) is 1. The Morgan fingerprint density at radius 3 is 2.60 bits per heavy atom. The number of morpholine rings is 1. The van der Waals surface area contributed by atoms with Crippen molar-refractivity contribution in [1.29, 1.82) is 0 Å². The number of rotatable bonds is 7. The first kappa shape index (κ1) is 22.4. The molecule has 0 amide bonds. The lowest BCUT2D eigenvalue weighted by Crippen LogP contribution is -2.43. The van der Waals surface area contributed by atoms with Crippen molar-refractivity contribution in [3.05, 3.63) is 65.0 Å². The zero-order valence-corrected chi connectivity index (χ0v) is 17.7. The Labute approximate surface area is 175 Å². The van der Waals surface area contributed by atoms with E-state index in [0.717, 1.165) is 0 Å². The number of carbonyl (C=O) groups is 1. The standard InChI is InChI=1S/C21H25FN2O5S/c1-15-12-17(21(25)28-2)6-7-20(15)30(26,27)23-14-19(24-8-10-29-11-9-24)16-4-3-5-18(22)13-16/h3-7,12-13,19,23H,8-11,14H2,1-2H3. The largest absolute Gasteiger partial charge is 0.465 e. The Kier molecular flexibility index (Phi) is 7.19. The number of methoxy groups -OCH3 is 1. The van der Waals surface area contributed by atoms with Crippen LogP contribution in [0.3, 0.4) is 0 Å². The summed E-state index contributed by atoms with van der Waals surface area (Å²) in [7, 11) is -2.58. The first-order chi connectivity index (χ1) is 14.3. The van der Waals surface area contributed by atoms with Crippen LogP contribution in [0, 0.1) is 12.7 Å². The average molecular weight is 437 g/mol.